The van der Waals surface area contributed by atoms with Crippen molar-refractivity contribution in [2.24, 2.45) is 11.3 Å². The van der Waals surface area contributed by atoms with Crippen molar-refractivity contribution < 1.29 is 23.2 Å². The van der Waals surface area contributed by atoms with Crippen LogP contribution in [-0.2, 0) is 23.2 Å². The van der Waals surface area contributed by atoms with Crippen LogP contribution >= 0.6 is 12.0 Å². The molecule has 6 heteroatoms. The summed E-state index contributed by atoms with van der Waals surface area (Å²) in [7, 11) is 4.53. The first kappa shape index (κ1) is 15.7. The molecule has 4 atom stereocenters. The number of aldehydes is 1. The molecule has 20 heavy (non-hydrogen) atoms. The van der Waals surface area contributed by atoms with Crippen molar-refractivity contribution in [1.82, 2.24) is 0 Å². The van der Waals surface area contributed by atoms with Crippen molar-refractivity contribution >= 4 is 24.1 Å². The Bertz CT molecular complexity index is 451. The number of hydrogen-bond acceptors (Lipinski definition) is 6. The lowest BCUT2D eigenvalue weighted by Gasteiger charge is -2.57. The van der Waals surface area contributed by atoms with Crippen LogP contribution in [0.1, 0.15) is 13.3 Å². The quantitative estimate of drug-likeness (QED) is 0.420. The number of ketones is 1. The lowest BCUT2D eigenvalue weighted by atomic mass is 9.52. The van der Waals surface area contributed by atoms with Crippen molar-refractivity contribution in [3.05, 3.63) is 12.2 Å². The first-order valence-corrected chi connectivity index (χ1v) is 7.34. The highest BCUT2D eigenvalue weighted by atomic mass is 32.2. The van der Waals surface area contributed by atoms with Gasteiger partial charge in [0.25, 0.3) is 0 Å². The van der Waals surface area contributed by atoms with E-state index in [1.807, 2.05) is 6.08 Å². The van der Waals surface area contributed by atoms with Gasteiger partial charge in [0.15, 0.2) is 5.60 Å². The van der Waals surface area contributed by atoms with Crippen LogP contribution < -0.4 is 0 Å². The molecule has 0 unspecified atom stereocenters. The fourth-order valence-corrected chi connectivity index (χ4v) is 4.16. The molecule has 0 spiro atoms. The number of Topliss-reactive ketones (excluding diaryl/α,β-unsaturated/α-hetero) is 1. The number of rotatable bonds is 6. The first-order chi connectivity index (χ1) is 9.46. The summed E-state index contributed by atoms with van der Waals surface area (Å²) in [5.74, 6) is 0.0104. The van der Waals surface area contributed by atoms with Gasteiger partial charge in [0.2, 0.25) is 5.78 Å². The molecule has 3 rings (SSSR count). The summed E-state index contributed by atoms with van der Waals surface area (Å²) in [6, 6.07) is 0. The fraction of sp³-hybridized carbons (Fsp3) is 0.714. The van der Waals surface area contributed by atoms with Crippen molar-refractivity contribution in [2.45, 2.75) is 24.5 Å². The van der Waals surface area contributed by atoms with Crippen LogP contribution in [0.5, 0.6) is 0 Å². The standard InChI is InChI=1S/C14H20O5S/c1-12(8-15)7-10-5-6-14(12,18-3)11(16)13(10,17-2)9-20-19-4/h5-6,8,10H,7,9H2,1-4H3/t10-,12-,13+,14+/m1/s1. The van der Waals surface area contributed by atoms with Crippen LogP contribution in [0.2, 0.25) is 0 Å². The number of hydrogen-bond donors (Lipinski definition) is 0. The molecule has 0 N–H and O–H groups in total. The van der Waals surface area contributed by atoms with Crippen LogP contribution in [0.4, 0.5) is 0 Å². The van der Waals surface area contributed by atoms with Gasteiger partial charge in [0, 0.05) is 20.1 Å². The van der Waals surface area contributed by atoms with Gasteiger partial charge in [-0.3, -0.25) is 4.79 Å². The minimum Gasteiger partial charge on any atom is -0.369 e. The van der Waals surface area contributed by atoms with Crippen LogP contribution in [0.15, 0.2) is 12.2 Å². The molecule has 1 saturated carbocycles. The van der Waals surface area contributed by atoms with Crippen LogP contribution in [0.3, 0.4) is 0 Å². The minimum absolute atomic E-state index is 0.158. The summed E-state index contributed by atoms with van der Waals surface area (Å²) in [5.41, 5.74) is -3.13. The summed E-state index contributed by atoms with van der Waals surface area (Å²) >= 11 is 1.17. The average molecular weight is 300 g/mol. The number of carbonyl (C=O) groups excluding carboxylic acids is 2. The van der Waals surface area contributed by atoms with E-state index < -0.39 is 16.6 Å². The molecule has 0 aromatic rings. The Labute approximate surface area is 123 Å². The van der Waals surface area contributed by atoms with Crippen LogP contribution in [0, 0.1) is 11.3 Å². The van der Waals surface area contributed by atoms with E-state index >= 15 is 0 Å². The number of fused-ring (bicyclic) bond motifs is 2. The van der Waals surface area contributed by atoms with Gasteiger partial charge in [-0.1, -0.05) is 6.08 Å². The van der Waals surface area contributed by atoms with Gasteiger partial charge in [-0.05, 0) is 31.5 Å². The van der Waals surface area contributed by atoms with Crippen molar-refractivity contribution in [3.63, 3.8) is 0 Å². The van der Waals surface area contributed by atoms with Crippen LogP contribution in [0.25, 0.3) is 0 Å². The second kappa shape index (κ2) is 5.26. The lowest BCUT2D eigenvalue weighted by molar-refractivity contribution is -0.194. The Hall–Kier alpha value is -0.690. The molecule has 1 fully saturated rings. The highest BCUT2D eigenvalue weighted by molar-refractivity contribution is 7.94. The smallest absolute Gasteiger partial charge is 0.202 e. The molecular weight excluding hydrogens is 280 g/mol. The topological polar surface area (TPSA) is 61.8 Å². The van der Waals surface area contributed by atoms with Crippen molar-refractivity contribution in [2.75, 3.05) is 27.1 Å². The van der Waals surface area contributed by atoms with Gasteiger partial charge in [-0.25, -0.2) is 0 Å². The SMILES string of the molecule is COSC[C@@]1(OC)C(=O)[C@@]2(OC)C=C[C@@H]1C[C@]2(C)C=O. The summed E-state index contributed by atoms with van der Waals surface area (Å²) in [6.45, 7) is 1.76. The maximum Gasteiger partial charge on any atom is 0.202 e. The Morgan fingerprint density at radius 1 is 1.40 bits per heavy atom. The maximum absolute atomic E-state index is 13.0. The van der Waals surface area contributed by atoms with Gasteiger partial charge in [-0.15, -0.1) is 0 Å². The van der Waals surface area contributed by atoms with E-state index in [9.17, 15) is 9.59 Å². The number of ether oxygens (including phenoxy) is 2. The molecule has 0 radical (unpaired) electrons. The molecule has 2 bridgehead atoms. The Balaban J connectivity index is 2.52. The summed E-state index contributed by atoms with van der Waals surface area (Å²) in [4.78, 5) is 24.6. The Morgan fingerprint density at radius 2 is 2.10 bits per heavy atom. The molecule has 0 saturated heterocycles. The predicted octanol–water partition coefficient (Wildman–Crippen LogP) is 1.42. The lowest BCUT2D eigenvalue weighted by Crippen LogP contribution is -2.72. The van der Waals surface area contributed by atoms with E-state index in [1.165, 1.54) is 26.3 Å². The third-order valence-corrected chi connectivity index (χ3v) is 5.50. The summed E-state index contributed by atoms with van der Waals surface area (Å²) < 4.78 is 16.1. The van der Waals surface area contributed by atoms with Gasteiger partial charge >= 0.3 is 0 Å². The molecule has 5 nitrogen and oxygen atoms in total. The molecule has 3 aliphatic rings. The monoisotopic (exact) mass is 300 g/mol. The number of methoxy groups -OCH3 is 2. The van der Waals surface area contributed by atoms with Gasteiger partial charge in [-0.2, -0.15) is 0 Å². The second-order valence-electron chi connectivity index (χ2n) is 5.50. The molecule has 0 amide bonds. The van der Waals surface area contributed by atoms with Gasteiger partial charge in [0.05, 0.1) is 18.3 Å². The van der Waals surface area contributed by atoms with Gasteiger partial charge < -0.3 is 18.5 Å². The summed E-state index contributed by atoms with van der Waals surface area (Å²) in [6.07, 6.45) is 4.99. The largest absolute Gasteiger partial charge is 0.369 e. The summed E-state index contributed by atoms with van der Waals surface area (Å²) in [5, 5.41) is 0. The molecule has 0 aromatic heterocycles. The zero-order chi connectivity index (χ0) is 15.0. The zero-order valence-corrected chi connectivity index (χ0v) is 13.0. The average Bonchev–Trinajstić information content (AvgIpc) is 2.48. The normalized spacial score (nSPS) is 43.0. The molecule has 3 aliphatic carbocycles. The van der Waals surface area contributed by atoms with Crippen molar-refractivity contribution in [3.8, 4) is 0 Å². The minimum atomic E-state index is -1.26. The molecule has 0 aromatic carbocycles. The molecular formula is C14H20O5S. The van der Waals surface area contributed by atoms with E-state index in [1.54, 1.807) is 20.1 Å². The third-order valence-electron chi connectivity index (χ3n) is 4.71. The molecule has 0 heterocycles. The van der Waals surface area contributed by atoms with E-state index in [2.05, 4.69) is 0 Å². The van der Waals surface area contributed by atoms with E-state index in [0.29, 0.717) is 12.2 Å². The van der Waals surface area contributed by atoms with Crippen molar-refractivity contribution in [1.29, 1.82) is 0 Å². The number of carbonyl (C=O) groups is 2. The predicted molar refractivity (Wildman–Crippen MR) is 75.4 cm³/mol. The molecule has 112 valence electrons. The second-order valence-corrected chi connectivity index (χ2v) is 6.35. The van der Waals surface area contributed by atoms with E-state index in [4.69, 9.17) is 13.7 Å². The van der Waals surface area contributed by atoms with Gasteiger partial charge in [0.1, 0.15) is 11.9 Å². The maximum atomic E-state index is 13.0. The van der Waals surface area contributed by atoms with Crippen LogP contribution in [-0.4, -0.2) is 50.4 Å². The first-order valence-electron chi connectivity index (χ1n) is 6.43. The Morgan fingerprint density at radius 3 is 2.60 bits per heavy atom. The fourth-order valence-electron chi connectivity index (χ4n) is 3.41. The zero-order valence-electron chi connectivity index (χ0n) is 12.2. The van der Waals surface area contributed by atoms with E-state index in [-0.39, 0.29) is 11.7 Å². The molecule has 0 aliphatic heterocycles. The highest BCUT2D eigenvalue weighted by Crippen LogP contribution is 2.55. The highest BCUT2D eigenvalue weighted by Gasteiger charge is 2.69. The third kappa shape index (κ3) is 1.75. The van der Waals surface area contributed by atoms with E-state index in [0.717, 1.165) is 6.29 Å². The Kier molecular flexibility index (Phi) is 4.12.